The van der Waals surface area contributed by atoms with Crippen molar-refractivity contribution in [2.75, 3.05) is 0 Å². The zero-order chi connectivity index (χ0) is 7.94. The molecule has 0 unspecified atom stereocenters. The highest BCUT2D eigenvalue weighted by atomic mass is 28.3. The Morgan fingerprint density at radius 1 is 0.636 bits per heavy atom. The van der Waals surface area contributed by atoms with Crippen LogP contribution in [0, 0.1) is 0 Å². The Labute approximate surface area is 70.9 Å². The third-order valence-corrected chi connectivity index (χ3v) is 4.23. The summed E-state index contributed by atoms with van der Waals surface area (Å²) in [5.74, 6) is 0. The van der Waals surface area contributed by atoms with Gasteiger partial charge in [0.05, 0.1) is 0 Å². The van der Waals surface area contributed by atoms with Gasteiger partial charge >= 0.3 is 0 Å². The van der Waals surface area contributed by atoms with Crippen molar-refractivity contribution in [1.29, 1.82) is 0 Å². The predicted octanol–water partition coefficient (Wildman–Crippen LogP) is 3.15. The molecule has 1 aliphatic rings. The Morgan fingerprint density at radius 3 is 1.45 bits per heavy atom. The van der Waals surface area contributed by atoms with Crippen molar-refractivity contribution >= 4 is 8.68 Å². The zero-order valence-electron chi connectivity index (χ0n) is 7.27. The fourth-order valence-corrected chi connectivity index (χ4v) is 3.19. The molecule has 1 rings (SSSR count). The van der Waals surface area contributed by atoms with Crippen LogP contribution >= 0.6 is 0 Å². The van der Waals surface area contributed by atoms with Gasteiger partial charge in [-0.2, -0.15) is 0 Å². The van der Waals surface area contributed by atoms with E-state index in [9.17, 15) is 4.46 Å². The van der Waals surface area contributed by atoms with E-state index in [1.54, 1.807) is 0 Å². The van der Waals surface area contributed by atoms with Gasteiger partial charge in [0.15, 0.2) is 0 Å². The first-order chi connectivity index (χ1) is 5.39. The van der Waals surface area contributed by atoms with E-state index in [-0.39, 0.29) is 0 Å². The minimum atomic E-state index is -1.14. The largest absolute Gasteiger partial charge is 0.388 e. The van der Waals surface area contributed by atoms with Gasteiger partial charge in [-0.1, -0.05) is 32.1 Å². The molecule has 0 bridgehead atoms. The average Bonchev–Trinajstić information content (AvgIpc) is 2.03. The quantitative estimate of drug-likeness (QED) is 0.510. The number of rotatable bonds is 0. The third-order valence-electron chi connectivity index (χ3n) is 2.41. The topological polar surface area (TPSA) is 17.1 Å². The van der Waals surface area contributed by atoms with E-state index in [0.717, 1.165) is 12.1 Å². The second-order valence-electron chi connectivity index (χ2n) is 3.51. The first-order valence-corrected chi connectivity index (χ1v) is 6.73. The van der Waals surface area contributed by atoms with Crippen molar-refractivity contribution < 1.29 is 4.46 Å². The van der Waals surface area contributed by atoms with E-state index >= 15 is 0 Å². The van der Waals surface area contributed by atoms with Gasteiger partial charge in [0, 0.05) is 0 Å². The first-order valence-electron chi connectivity index (χ1n) is 4.91. The maximum Gasteiger partial charge on any atom is 0.276 e. The molecule has 2 heteroatoms. The molecule has 0 spiro atoms. The van der Waals surface area contributed by atoms with Crippen LogP contribution in [0.3, 0.4) is 0 Å². The first kappa shape index (κ1) is 9.11. The molecule has 0 aromatic carbocycles. The van der Waals surface area contributed by atoms with Gasteiger partial charge in [-0.05, 0) is 24.9 Å². The molecule has 0 saturated carbocycles. The second-order valence-corrected chi connectivity index (χ2v) is 5.59. The lowest BCUT2D eigenvalue weighted by atomic mass is 10.1. The lowest BCUT2D eigenvalue weighted by Crippen LogP contribution is -1.99. The molecule has 11 heavy (non-hydrogen) atoms. The van der Waals surface area contributed by atoms with Gasteiger partial charge in [-0.15, -0.1) is 0 Å². The minimum Gasteiger partial charge on any atom is -0.388 e. The van der Waals surface area contributed by atoms with Gasteiger partial charge in [-0.25, -0.2) is 0 Å². The summed E-state index contributed by atoms with van der Waals surface area (Å²) < 4.78 is 11.3. The molecule has 1 saturated heterocycles. The highest BCUT2D eigenvalue weighted by Crippen LogP contribution is 2.14. The van der Waals surface area contributed by atoms with E-state index < -0.39 is 8.68 Å². The molecule has 0 aromatic heterocycles. The van der Waals surface area contributed by atoms with E-state index in [2.05, 4.69) is 0 Å². The van der Waals surface area contributed by atoms with Crippen molar-refractivity contribution in [2.24, 2.45) is 0 Å². The Morgan fingerprint density at radius 2 is 1.00 bits per heavy atom. The van der Waals surface area contributed by atoms with Crippen LogP contribution in [0.1, 0.15) is 44.9 Å². The predicted molar refractivity (Wildman–Crippen MR) is 48.4 cm³/mol. The number of hydrogen-bond donors (Lipinski definition) is 0. The highest BCUT2D eigenvalue weighted by molar-refractivity contribution is 6.42. The lowest BCUT2D eigenvalue weighted by Gasteiger charge is -2.04. The van der Waals surface area contributed by atoms with Crippen LogP contribution < -0.4 is 0 Å². The third kappa shape index (κ3) is 4.46. The molecular formula is C9H18OSi. The Hall–Kier alpha value is 0.0169. The Kier molecular flexibility index (Phi) is 4.67. The second kappa shape index (κ2) is 5.64. The van der Waals surface area contributed by atoms with E-state index in [1.165, 1.54) is 44.9 Å². The summed E-state index contributed by atoms with van der Waals surface area (Å²) in [7, 11) is -1.14. The van der Waals surface area contributed by atoms with Crippen LogP contribution in [0.5, 0.6) is 0 Å². The summed E-state index contributed by atoms with van der Waals surface area (Å²) in [6.07, 6.45) is 9.22. The summed E-state index contributed by atoms with van der Waals surface area (Å²) >= 11 is 0. The van der Waals surface area contributed by atoms with Gasteiger partial charge in [0.2, 0.25) is 0 Å². The lowest BCUT2D eigenvalue weighted by molar-refractivity contribution is 0.534. The van der Waals surface area contributed by atoms with Crippen LogP contribution in [0.2, 0.25) is 12.1 Å². The van der Waals surface area contributed by atoms with Crippen molar-refractivity contribution in [2.45, 2.75) is 57.0 Å². The Bertz CT molecular complexity index is 111. The SMILES string of the molecule is O=[Si]1CCCCCCCCC1. The van der Waals surface area contributed by atoms with E-state index in [4.69, 9.17) is 0 Å². The highest BCUT2D eigenvalue weighted by Gasteiger charge is 2.05. The monoisotopic (exact) mass is 170 g/mol. The molecule has 0 amide bonds. The van der Waals surface area contributed by atoms with Crippen LogP contribution in [0.4, 0.5) is 0 Å². The molecule has 0 aliphatic carbocycles. The summed E-state index contributed by atoms with van der Waals surface area (Å²) in [5, 5.41) is 0. The van der Waals surface area contributed by atoms with Crippen molar-refractivity contribution in [3.8, 4) is 0 Å². The van der Waals surface area contributed by atoms with Crippen molar-refractivity contribution in [3.63, 3.8) is 0 Å². The standard InChI is InChI=1S/C9H18OSi/c10-11-8-6-4-2-1-3-5-7-9-11/h1-9H2. The Balaban J connectivity index is 2.17. The molecule has 64 valence electrons. The van der Waals surface area contributed by atoms with Crippen LogP contribution in [-0.4, -0.2) is 8.68 Å². The average molecular weight is 170 g/mol. The minimum absolute atomic E-state index is 1.03. The van der Waals surface area contributed by atoms with Gasteiger partial charge in [-0.3, -0.25) is 0 Å². The van der Waals surface area contributed by atoms with Crippen molar-refractivity contribution in [3.05, 3.63) is 0 Å². The van der Waals surface area contributed by atoms with Gasteiger partial charge < -0.3 is 4.46 Å². The molecule has 1 nitrogen and oxygen atoms in total. The molecular weight excluding hydrogens is 152 g/mol. The van der Waals surface area contributed by atoms with Gasteiger partial charge in [0.1, 0.15) is 0 Å². The number of hydrogen-bond acceptors (Lipinski definition) is 1. The normalized spacial score (nSPS) is 23.1. The van der Waals surface area contributed by atoms with Gasteiger partial charge in [0.25, 0.3) is 8.68 Å². The smallest absolute Gasteiger partial charge is 0.276 e. The van der Waals surface area contributed by atoms with Crippen LogP contribution in [0.25, 0.3) is 0 Å². The van der Waals surface area contributed by atoms with Crippen LogP contribution in [0.15, 0.2) is 0 Å². The van der Waals surface area contributed by atoms with Crippen molar-refractivity contribution in [1.82, 2.24) is 0 Å². The van der Waals surface area contributed by atoms with E-state index in [1.807, 2.05) is 0 Å². The van der Waals surface area contributed by atoms with Crippen LogP contribution in [-0.2, 0) is 4.46 Å². The fourth-order valence-electron chi connectivity index (χ4n) is 1.65. The summed E-state index contributed by atoms with van der Waals surface area (Å²) in [5.41, 5.74) is 0. The molecule has 0 atom stereocenters. The summed E-state index contributed by atoms with van der Waals surface area (Å²) in [6.45, 7) is 0. The summed E-state index contributed by atoms with van der Waals surface area (Å²) in [4.78, 5) is 0. The molecule has 1 fully saturated rings. The zero-order valence-corrected chi connectivity index (χ0v) is 8.27. The molecule has 0 N–H and O–H groups in total. The molecule has 1 heterocycles. The molecule has 0 aromatic rings. The maximum atomic E-state index is 11.3. The maximum absolute atomic E-state index is 11.3. The fraction of sp³-hybridized carbons (Fsp3) is 1.00. The molecule has 1 aliphatic heterocycles. The van der Waals surface area contributed by atoms with E-state index in [0.29, 0.717) is 0 Å². The molecule has 0 radical (unpaired) electrons. The summed E-state index contributed by atoms with van der Waals surface area (Å²) in [6, 6.07) is 2.06.